The second-order valence-electron chi connectivity index (χ2n) is 4.89. The standard InChI is InChI=1S/C14H19N3O3.2ClH/c1-3-12(16-8-6-15-7-9-16)11-5-4-10(2)13(14(11)18)17(19)20;;/h3-5,12,15,18H,1,6-9H2,2H3;2*1H/t12-;;/m1../s1. The predicted molar refractivity (Wildman–Crippen MR) is 91.4 cm³/mol. The first-order valence-corrected chi connectivity index (χ1v) is 6.60. The van der Waals surface area contributed by atoms with Crippen molar-refractivity contribution in [1.82, 2.24) is 10.2 Å². The minimum Gasteiger partial charge on any atom is -0.502 e. The van der Waals surface area contributed by atoms with Crippen LogP contribution in [-0.2, 0) is 0 Å². The number of piperazine rings is 1. The van der Waals surface area contributed by atoms with Gasteiger partial charge in [-0.25, -0.2) is 0 Å². The van der Waals surface area contributed by atoms with Crippen molar-refractivity contribution in [3.8, 4) is 5.75 Å². The lowest BCUT2D eigenvalue weighted by Gasteiger charge is -2.33. The minimum atomic E-state index is -0.536. The molecule has 0 radical (unpaired) electrons. The summed E-state index contributed by atoms with van der Waals surface area (Å²) in [5, 5.41) is 24.6. The number of phenolic OH excluding ortho intramolecular Hbond substituents is 1. The van der Waals surface area contributed by atoms with E-state index < -0.39 is 4.92 Å². The molecule has 1 fully saturated rings. The van der Waals surface area contributed by atoms with E-state index in [2.05, 4.69) is 16.8 Å². The minimum absolute atomic E-state index is 0. The molecule has 1 aromatic rings. The number of halogens is 2. The molecule has 0 spiro atoms. The van der Waals surface area contributed by atoms with Gasteiger partial charge in [-0.15, -0.1) is 31.4 Å². The zero-order valence-electron chi connectivity index (χ0n) is 12.3. The highest BCUT2D eigenvalue weighted by molar-refractivity contribution is 5.85. The Morgan fingerprint density at radius 3 is 2.50 bits per heavy atom. The van der Waals surface area contributed by atoms with E-state index in [0.717, 1.165) is 26.2 Å². The van der Waals surface area contributed by atoms with Crippen molar-refractivity contribution < 1.29 is 10.0 Å². The van der Waals surface area contributed by atoms with Gasteiger partial charge in [0.15, 0.2) is 5.75 Å². The SMILES string of the molecule is C=C[C@H](c1ccc(C)c([N+](=O)[O-])c1O)N1CCNCC1.Cl.Cl. The Kier molecular flexibility index (Phi) is 8.40. The van der Waals surface area contributed by atoms with Gasteiger partial charge in [0, 0.05) is 37.3 Å². The first kappa shape index (κ1) is 20.7. The van der Waals surface area contributed by atoms with Crippen molar-refractivity contribution in [2.45, 2.75) is 13.0 Å². The lowest BCUT2D eigenvalue weighted by atomic mass is 10.00. The zero-order valence-corrected chi connectivity index (χ0v) is 14.0. The quantitative estimate of drug-likeness (QED) is 0.496. The van der Waals surface area contributed by atoms with Gasteiger partial charge in [-0.2, -0.15) is 0 Å². The lowest BCUT2D eigenvalue weighted by Crippen LogP contribution is -2.44. The third kappa shape index (κ3) is 4.10. The van der Waals surface area contributed by atoms with Crippen LogP contribution in [0.4, 0.5) is 5.69 Å². The predicted octanol–water partition coefficient (Wildman–Crippen LogP) is 2.58. The van der Waals surface area contributed by atoms with E-state index in [0.29, 0.717) is 11.1 Å². The molecule has 0 amide bonds. The molecular weight excluding hydrogens is 329 g/mol. The summed E-state index contributed by atoms with van der Waals surface area (Å²) >= 11 is 0. The number of nitro benzene ring substituents is 1. The second kappa shape index (κ2) is 8.95. The smallest absolute Gasteiger partial charge is 0.313 e. The van der Waals surface area contributed by atoms with Crippen LogP contribution in [0.15, 0.2) is 24.8 Å². The Morgan fingerprint density at radius 2 is 2.00 bits per heavy atom. The molecule has 0 saturated carbocycles. The molecule has 0 bridgehead atoms. The average Bonchev–Trinajstić information content (AvgIpc) is 2.43. The summed E-state index contributed by atoms with van der Waals surface area (Å²) in [4.78, 5) is 12.7. The number of hydrogen-bond acceptors (Lipinski definition) is 5. The summed E-state index contributed by atoms with van der Waals surface area (Å²) in [5.74, 6) is -0.251. The fraction of sp³-hybridized carbons (Fsp3) is 0.429. The Balaban J connectivity index is 0.00000220. The molecule has 2 N–H and O–H groups in total. The molecule has 1 aromatic carbocycles. The van der Waals surface area contributed by atoms with Crippen molar-refractivity contribution in [3.63, 3.8) is 0 Å². The maximum absolute atomic E-state index is 11.1. The largest absolute Gasteiger partial charge is 0.502 e. The van der Waals surface area contributed by atoms with E-state index in [1.807, 2.05) is 0 Å². The number of benzene rings is 1. The van der Waals surface area contributed by atoms with Crippen LogP contribution >= 0.6 is 24.8 Å². The normalized spacial score (nSPS) is 16.0. The van der Waals surface area contributed by atoms with Crippen molar-refractivity contribution in [1.29, 1.82) is 0 Å². The molecule has 6 nitrogen and oxygen atoms in total. The van der Waals surface area contributed by atoms with Crippen LogP contribution in [-0.4, -0.2) is 41.1 Å². The molecule has 1 aliphatic heterocycles. The van der Waals surface area contributed by atoms with Crippen LogP contribution in [0.5, 0.6) is 5.75 Å². The van der Waals surface area contributed by atoms with Crippen LogP contribution in [0.2, 0.25) is 0 Å². The van der Waals surface area contributed by atoms with Crippen molar-refractivity contribution in [3.05, 3.63) is 46.0 Å². The fourth-order valence-corrected chi connectivity index (χ4v) is 2.60. The lowest BCUT2D eigenvalue weighted by molar-refractivity contribution is -0.386. The number of aromatic hydroxyl groups is 1. The summed E-state index contributed by atoms with van der Waals surface area (Å²) in [7, 11) is 0. The monoisotopic (exact) mass is 349 g/mol. The molecule has 0 aliphatic carbocycles. The van der Waals surface area contributed by atoms with Crippen LogP contribution < -0.4 is 5.32 Å². The Morgan fingerprint density at radius 1 is 1.41 bits per heavy atom. The number of nitro groups is 1. The number of aryl methyl sites for hydroxylation is 1. The molecule has 2 rings (SSSR count). The number of hydrogen-bond donors (Lipinski definition) is 2. The zero-order chi connectivity index (χ0) is 14.7. The van der Waals surface area contributed by atoms with Gasteiger partial charge in [-0.3, -0.25) is 15.0 Å². The van der Waals surface area contributed by atoms with Gasteiger partial charge < -0.3 is 10.4 Å². The second-order valence-corrected chi connectivity index (χ2v) is 4.89. The van der Waals surface area contributed by atoms with Gasteiger partial charge in [0.05, 0.1) is 11.0 Å². The summed E-state index contributed by atoms with van der Waals surface area (Å²) in [6.45, 7) is 8.78. The third-order valence-corrected chi connectivity index (χ3v) is 3.65. The fourth-order valence-electron chi connectivity index (χ4n) is 2.60. The summed E-state index contributed by atoms with van der Waals surface area (Å²) in [6.07, 6.45) is 1.72. The van der Waals surface area contributed by atoms with Gasteiger partial charge >= 0.3 is 5.69 Å². The maximum Gasteiger partial charge on any atom is 0.313 e. The Hall–Kier alpha value is -1.34. The molecule has 124 valence electrons. The van der Waals surface area contributed by atoms with E-state index in [-0.39, 0.29) is 42.3 Å². The molecule has 0 aromatic heterocycles. The molecule has 1 atom stereocenters. The van der Waals surface area contributed by atoms with Gasteiger partial charge in [0.2, 0.25) is 0 Å². The van der Waals surface area contributed by atoms with Gasteiger partial charge in [0.1, 0.15) is 0 Å². The van der Waals surface area contributed by atoms with E-state index >= 15 is 0 Å². The highest BCUT2D eigenvalue weighted by Gasteiger charge is 2.27. The molecule has 1 heterocycles. The van der Waals surface area contributed by atoms with E-state index in [1.165, 1.54) is 0 Å². The summed E-state index contributed by atoms with van der Waals surface area (Å²) in [5.41, 5.74) is 0.781. The summed E-state index contributed by atoms with van der Waals surface area (Å²) in [6, 6.07) is 3.20. The molecule has 22 heavy (non-hydrogen) atoms. The Bertz CT molecular complexity index is 534. The molecule has 1 saturated heterocycles. The van der Waals surface area contributed by atoms with Crippen LogP contribution in [0, 0.1) is 17.0 Å². The highest BCUT2D eigenvalue weighted by Crippen LogP contribution is 2.38. The van der Waals surface area contributed by atoms with Crippen LogP contribution in [0.1, 0.15) is 17.2 Å². The number of rotatable bonds is 4. The number of nitrogens with one attached hydrogen (secondary N) is 1. The molecule has 1 aliphatic rings. The third-order valence-electron chi connectivity index (χ3n) is 3.65. The molecule has 8 heteroatoms. The first-order valence-electron chi connectivity index (χ1n) is 6.60. The van der Waals surface area contributed by atoms with E-state index in [1.54, 1.807) is 25.1 Å². The van der Waals surface area contributed by atoms with Crippen LogP contribution in [0.3, 0.4) is 0 Å². The van der Waals surface area contributed by atoms with Crippen molar-refractivity contribution >= 4 is 30.5 Å². The van der Waals surface area contributed by atoms with E-state index in [9.17, 15) is 15.2 Å². The Labute approximate surface area is 142 Å². The number of phenols is 1. The van der Waals surface area contributed by atoms with E-state index in [4.69, 9.17) is 0 Å². The van der Waals surface area contributed by atoms with Gasteiger partial charge in [0.25, 0.3) is 0 Å². The molecule has 0 unspecified atom stereocenters. The molecular formula is C14H21Cl2N3O3. The van der Waals surface area contributed by atoms with Crippen molar-refractivity contribution in [2.75, 3.05) is 26.2 Å². The average molecular weight is 350 g/mol. The first-order chi connectivity index (χ1) is 9.56. The highest BCUT2D eigenvalue weighted by atomic mass is 35.5. The van der Waals surface area contributed by atoms with Gasteiger partial charge in [-0.1, -0.05) is 18.2 Å². The van der Waals surface area contributed by atoms with Crippen molar-refractivity contribution in [2.24, 2.45) is 0 Å². The maximum atomic E-state index is 11.1. The number of nitrogens with zero attached hydrogens (tertiary/aromatic N) is 2. The van der Waals surface area contributed by atoms with Crippen LogP contribution in [0.25, 0.3) is 0 Å². The van der Waals surface area contributed by atoms with Gasteiger partial charge in [-0.05, 0) is 6.92 Å². The topological polar surface area (TPSA) is 78.6 Å². The summed E-state index contributed by atoms with van der Waals surface area (Å²) < 4.78 is 0.